The minimum absolute atomic E-state index is 0.0751. The number of nitrogens with two attached hydrogens (primary N) is 1. The molecule has 7 unspecified atom stereocenters. The first kappa shape index (κ1) is 22.6. The zero-order valence-electron chi connectivity index (χ0n) is 20.5. The van der Waals surface area contributed by atoms with Crippen molar-refractivity contribution in [3.05, 3.63) is 0 Å². The lowest BCUT2D eigenvalue weighted by molar-refractivity contribution is -0.156. The van der Waals surface area contributed by atoms with Crippen LogP contribution in [0.2, 0.25) is 0 Å². The van der Waals surface area contributed by atoms with Crippen molar-refractivity contribution in [1.82, 2.24) is 0 Å². The number of carboxylic acids is 1. The predicted octanol–water partition coefficient (Wildman–Crippen LogP) is 6.64. The van der Waals surface area contributed by atoms with Crippen molar-refractivity contribution in [3.8, 4) is 0 Å². The van der Waals surface area contributed by atoms with Crippen LogP contribution in [0.3, 0.4) is 0 Å². The van der Waals surface area contributed by atoms with Crippen molar-refractivity contribution in [1.29, 1.82) is 0 Å². The van der Waals surface area contributed by atoms with Crippen LogP contribution in [0.4, 0.5) is 0 Å². The number of hydrogen-bond acceptors (Lipinski definition) is 2. The third kappa shape index (κ3) is 2.96. The van der Waals surface area contributed by atoms with E-state index >= 15 is 0 Å². The van der Waals surface area contributed by atoms with Crippen LogP contribution in [-0.2, 0) is 4.79 Å². The molecule has 3 N–H and O–H groups in total. The Labute approximate surface area is 185 Å². The van der Waals surface area contributed by atoms with Gasteiger partial charge in [0.25, 0.3) is 0 Å². The van der Waals surface area contributed by atoms with E-state index in [1.807, 2.05) is 13.8 Å². The summed E-state index contributed by atoms with van der Waals surface area (Å²) in [6.45, 7) is 13.4. The number of hydrogen-bond donors (Lipinski definition) is 2. The number of rotatable bonds is 4. The fourth-order valence-corrected chi connectivity index (χ4v) is 8.94. The van der Waals surface area contributed by atoms with Crippen LogP contribution in [0.1, 0.15) is 112 Å². The van der Waals surface area contributed by atoms with Crippen molar-refractivity contribution in [2.45, 2.75) is 118 Å². The molecule has 3 nitrogen and oxygen atoms in total. The highest BCUT2D eigenvalue weighted by Crippen LogP contribution is 2.69. The van der Waals surface area contributed by atoms with Gasteiger partial charge < -0.3 is 10.8 Å². The average Bonchev–Trinajstić information content (AvgIpc) is 2.98. The maximum absolute atomic E-state index is 12.0. The fraction of sp³-hybridized carbons (Fsp3) is 0.963. The van der Waals surface area contributed by atoms with Gasteiger partial charge in [0, 0.05) is 5.54 Å². The minimum atomic E-state index is -0.696. The van der Waals surface area contributed by atoms with E-state index in [1.54, 1.807) is 0 Å². The Bertz CT molecular complexity index is 699. The number of carboxylic acid groups (broad SMARTS) is 1. The number of fused-ring (bicyclic) bond motifs is 5. The van der Waals surface area contributed by atoms with Gasteiger partial charge in [0.05, 0.1) is 5.41 Å². The van der Waals surface area contributed by atoms with Gasteiger partial charge in [-0.05, 0) is 112 Å². The van der Waals surface area contributed by atoms with Gasteiger partial charge in [-0.1, -0.05) is 40.5 Å². The third-order valence-corrected chi connectivity index (χ3v) is 12.1. The van der Waals surface area contributed by atoms with E-state index in [1.165, 1.54) is 64.2 Å². The summed E-state index contributed by atoms with van der Waals surface area (Å²) in [6, 6.07) is 0. The van der Waals surface area contributed by atoms with E-state index in [0.717, 1.165) is 24.2 Å². The molecule has 0 saturated heterocycles. The van der Waals surface area contributed by atoms with Crippen molar-refractivity contribution < 1.29 is 9.90 Å². The first-order valence-electron chi connectivity index (χ1n) is 12.8. The molecule has 4 saturated carbocycles. The Kier molecular flexibility index (Phi) is 5.25. The quantitative estimate of drug-likeness (QED) is 0.538. The molecular formula is C27H47NO2. The van der Waals surface area contributed by atoms with Crippen LogP contribution in [0.5, 0.6) is 0 Å². The Morgan fingerprint density at radius 2 is 1.60 bits per heavy atom. The highest BCUT2D eigenvalue weighted by molar-refractivity contribution is 5.74. The van der Waals surface area contributed by atoms with Crippen LogP contribution in [-0.4, -0.2) is 16.6 Å². The molecule has 7 atom stereocenters. The summed E-state index contributed by atoms with van der Waals surface area (Å²) < 4.78 is 0. The summed E-state index contributed by atoms with van der Waals surface area (Å²) in [4.78, 5) is 12.0. The molecule has 0 aromatic heterocycles. The van der Waals surface area contributed by atoms with Crippen molar-refractivity contribution in [3.63, 3.8) is 0 Å². The highest BCUT2D eigenvalue weighted by atomic mass is 16.4. The smallest absolute Gasteiger partial charge is 0.309 e. The second-order valence-corrected chi connectivity index (χ2v) is 13.5. The van der Waals surface area contributed by atoms with E-state index in [4.69, 9.17) is 5.73 Å². The molecule has 0 aliphatic heterocycles. The summed E-state index contributed by atoms with van der Waals surface area (Å²) in [5.41, 5.74) is 7.00. The molecule has 4 aliphatic carbocycles. The van der Waals surface area contributed by atoms with E-state index in [2.05, 4.69) is 27.7 Å². The summed E-state index contributed by atoms with van der Waals surface area (Å²) in [5.74, 6) is 2.45. The van der Waals surface area contributed by atoms with E-state index < -0.39 is 11.4 Å². The maximum atomic E-state index is 12.0. The Hall–Kier alpha value is -0.570. The number of carbonyl (C=O) groups is 1. The summed E-state index contributed by atoms with van der Waals surface area (Å²) in [7, 11) is 0. The topological polar surface area (TPSA) is 63.3 Å². The SMILES string of the molecule is CC12CCC3C(CCC4(N)CCCCC34C)C1CCC2CC(C)(C)C(C)(C)C(=O)O. The molecule has 0 radical (unpaired) electrons. The Morgan fingerprint density at radius 3 is 2.27 bits per heavy atom. The average molecular weight is 418 g/mol. The summed E-state index contributed by atoms with van der Waals surface area (Å²) >= 11 is 0. The summed E-state index contributed by atoms with van der Waals surface area (Å²) in [6.07, 6.45) is 14.1. The molecule has 0 bridgehead atoms. The van der Waals surface area contributed by atoms with Gasteiger partial charge in [0.15, 0.2) is 0 Å². The molecule has 4 fully saturated rings. The molecule has 0 amide bonds. The molecule has 0 spiro atoms. The van der Waals surface area contributed by atoms with Gasteiger partial charge in [0.2, 0.25) is 0 Å². The third-order valence-electron chi connectivity index (χ3n) is 12.1. The van der Waals surface area contributed by atoms with E-state index in [9.17, 15) is 9.90 Å². The molecule has 4 rings (SSSR count). The fourth-order valence-electron chi connectivity index (χ4n) is 8.94. The molecule has 0 aromatic rings. The molecule has 0 heterocycles. The van der Waals surface area contributed by atoms with Gasteiger partial charge >= 0.3 is 5.97 Å². The largest absolute Gasteiger partial charge is 0.481 e. The van der Waals surface area contributed by atoms with Crippen molar-refractivity contribution in [2.75, 3.05) is 0 Å². The Balaban J connectivity index is 1.57. The zero-order chi connectivity index (χ0) is 22.2. The zero-order valence-corrected chi connectivity index (χ0v) is 20.5. The lowest BCUT2D eigenvalue weighted by Crippen LogP contribution is -2.65. The Morgan fingerprint density at radius 1 is 0.933 bits per heavy atom. The van der Waals surface area contributed by atoms with Gasteiger partial charge in [-0.2, -0.15) is 0 Å². The van der Waals surface area contributed by atoms with Gasteiger partial charge in [-0.15, -0.1) is 0 Å². The first-order valence-corrected chi connectivity index (χ1v) is 12.8. The lowest BCUT2D eigenvalue weighted by Gasteiger charge is -2.64. The lowest BCUT2D eigenvalue weighted by atomic mass is 9.42. The monoisotopic (exact) mass is 417 g/mol. The molecule has 0 aromatic carbocycles. The van der Waals surface area contributed by atoms with Crippen LogP contribution in [0.15, 0.2) is 0 Å². The van der Waals surface area contributed by atoms with Gasteiger partial charge in [-0.3, -0.25) is 4.79 Å². The van der Waals surface area contributed by atoms with Crippen LogP contribution in [0, 0.1) is 45.3 Å². The molecule has 30 heavy (non-hydrogen) atoms. The van der Waals surface area contributed by atoms with Gasteiger partial charge in [-0.25, -0.2) is 0 Å². The molecule has 4 aliphatic rings. The minimum Gasteiger partial charge on any atom is -0.481 e. The predicted molar refractivity (Wildman–Crippen MR) is 123 cm³/mol. The molecular weight excluding hydrogens is 370 g/mol. The van der Waals surface area contributed by atoms with Crippen LogP contribution in [0.25, 0.3) is 0 Å². The second-order valence-electron chi connectivity index (χ2n) is 13.5. The number of aliphatic carboxylic acids is 1. The van der Waals surface area contributed by atoms with Crippen molar-refractivity contribution >= 4 is 5.97 Å². The normalized spacial score (nSPS) is 46.6. The second kappa shape index (κ2) is 6.96. The maximum Gasteiger partial charge on any atom is 0.309 e. The van der Waals surface area contributed by atoms with Gasteiger partial charge in [0.1, 0.15) is 0 Å². The van der Waals surface area contributed by atoms with Crippen LogP contribution < -0.4 is 5.73 Å². The first-order chi connectivity index (χ1) is 13.8. The molecule has 172 valence electrons. The molecule has 3 heteroatoms. The van der Waals surface area contributed by atoms with Crippen LogP contribution >= 0.6 is 0 Å². The highest BCUT2D eigenvalue weighted by Gasteiger charge is 2.63. The standard InChI is InChI=1S/C27H47NO2/c1-23(2,24(3,4)22(29)30)17-18-9-10-20-19-11-16-27(28)14-8-7-13-26(27,6)21(19)12-15-25(18,20)5/h18-21H,7-17,28H2,1-6H3,(H,29,30). The summed E-state index contributed by atoms with van der Waals surface area (Å²) in [5, 5.41) is 9.85. The van der Waals surface area contributed by atoms with E-state index in [-0.39, 0.29) is 11.0 Å². The van der Waals surface area contributed by atoms with E-state index in [0.29, 0.717) is 16.7 Å². The van der Waals surface area contributed by atoms with Crippen molar-refractivity contribution in [2.24, 2.45) is 51.1 Å².